The molecule has 0 aliphatic carbocycles. The lowest BCUT2D eigenvalue weighted by atomic mass is 9.91. The van der Waals surface area contributed by atoms with Crippen LogP contribution in [0.15, 0.2) is 0 Å². The maximum Gasteiger partial charge on any atom is 0.0543 e. The minimum absolute atomic E-state index is 0.429. The monoisotopic (exact) mass is 297 g/mol. The Balaban J connectivity index is 3.46. The van der Waals surface area contributed by atoms with E-state index in [0.717, 1.165) is 24.2 Å². The molecule has 0 fully saturated rings. The Morgan fingerprint density at radius 2 is 1.05 bits per heavy atom. The highest BCUT2D eigenvalue weighted by Crippen LogP contribution is 2.22. The molecule has 0 N–H and O–H groups in total. The zero-order valence-corrected chi connectivity index (χ0v) is 15.5. The van der Waals surface area contributed by atoms with Gasteiger partial charge in [-0.25, -0.2) is 0 Å². The van der Waals surface area contributed by atoms with Crippen molar-refractivity contribution in [1.29, 1.82) is 0 Å². The summed E-state index contributed by atoms with van der Waals surface area (Å²) in [7, 11) is 1.81. The van der Waals surface area contributed by atoms with Crippen molar-refractivity contribution in [3.8, 4) is 0 Å². The fourth-order valence-electron chi connectivity index (χ4n) is 2.93. The summed E-state index contributed by atoms with van der Waals surface area (Å²) in [5.41, 5.74) is 0. The molecule has 4 atom stereocenters. The fraction of sp³-hybridized carbons (Fsp3) is 0.950. The zero-order chi connectivity index (χ0) is 16.1. The Labute approximate surface area is 135 Å². The van der Waals surface area contributed by atoms with Crippen LogP contribution < -0.4 is 0 Å². The van der Waals surface area contributed by atoms with E-state index in [0.29, 0.717) is 6.10 Å². The molecule has 0 aromatic rings. The molecule has 0 aromatic heterocycles. The predicted octanol–water partition coefficient (Wildman–Crippen LogP) is 6.66. The van der Waals surface area contributed by atoms with Crippen LogP contribution in [-0.2, 0) is 4.74 Å². The Morgan fingerprint density at radius 1 is 0.667 bits per heavy atom. The van der Waals surface area contributed by atoms with Crippen molar-refractivity contribution in [2.24, 2.45) is 17.8 Å². The van der Waals surface area contributed by atoms with E-state index in [9.17, 15) is 0 Å². The normalized spacial score (nSPS) is 17.4. The smallest absolute Gasteiger partial charge is 0.0543 e. The summed E-state index contributed by atoms with van der Waals surface area (Å²) >= 11 is 0. The molecule has 0 aliphatic heterocycles. The van der Waals surface area contributed by atoms with Crippen LogP contribution in [0.5, 0.6) is 0 Å². The molecular formula is C20H41O. The van der Waals surface area contributed by atoms with Gasteiger partial charge in [0.25, 0.3) is 0 Å². The second-order valence-corrected chi connectivity index (χ2v) is 7.44. The molecular weight excluding hydrogens is 256 g/mol. The number of hydrogen-bond donors (Lipinski definition) is 0. The number of methoxy groups -OCH3 is 1. The summed E-state index contributed by atoms with van der Waals surface area (Å²) in [6.45, 7) is 13.3. The average Bonchev–Trinajstić information content (AvgIpc) is 2.46. The summed E-state index contributed by atoms with van der Waals surface area (Å²) in [6, 6.07) is 0. The van der Waals surface area contributed by atoms with E-state index < -0.39 is 0 Å². The van der Waals surface area contributed by atoms with Gasteiger partial charge in [0.05, 0.1) is 6.10 Å². The van der Waals surface area contributed by atoms with Crippen molar-refractivity contribution in [3.05, 3.63) is 6.92 Å². The molecule has 1 radical (unpaired) electrons. The second kappa shape index (κ2) is 13.6. The Morgan fingerprint density at radius 3 is 1.43 bits per heavy atom. The minimum Gasteiger partial charge on any atom is -0.382 e. The molecule has 0 bridgehead atoms. The first kappa shape index (κ1) is 21.0. The zero-order valence-electron chi connectivity index (χ0n) is 15.5. The van der Waals surface area contributed by atoms with Gasteiger partial charge in [-0.05, 0) is 31.1 Å². The van der Waals surface area contributed by atoms with E-state index in [-0.39, 0.29) is 0 Å². The quantitative estimate of drug-likeness (QED) is 0.348. The van der Waals surface area contributed by atoms with Gasteiger partial charge >= 0.3 is 0 Å². The SMILES string of the molecule is [CH2]CC(C)CCCC(C)CCCC(C)CCCC(C)OC. The maximum atomic E-state index is 5.30. The summed E-state index contributed by atoms with van der Waals surface area (Å²) < 4.78 is 5.30. The van der Waals surface area contributed by atoms with Crippen molar-refractivity contribution < 1.29 is 4.74 Å². The second-order valence-electron chi connectivity index (χ2n) is 7.44. The first-order chi connectivity index (χ1) is 9.99. The molecule has 0 saturated heterocycles. The van der Waals surface area contributed by atoms with Gasteiger partial charge < -0.3 is 4.74 Å². The molecule has 0 aromatic carbocycles. The molecule has 0 saturated carbocycles. The third kappa shape index (κ3) is 13.4. The molecule has 127 valence electrons. The Kier molecular flexibility index (Phi) is 13.6. The predicted molar refractivity (Wildman–Crippen MR) is 95.5 cm³/mol. The van der Waals surface area contributed by atoms with E-state index in [4.69, 9.17) is 4.74 Å². The van der Waals surface area contributed by atoms with Gasteiger partial charge in [0.2, 0.25) is 0 Å². The van der Waals surface area contributed by atoms with Crippen molar-refractivity contribution in [2.75, 3.05) is 7.11 Å². The maximum absolute atomic E-state index is 5.30. The highest BCUT2D eigenvalue weighted by Gasteiger charge is 2.08. The molecule has 0 spiro atoms. The molecule has 21 heavy (non-hydrogen) atoms. The van der Waals surface area contributed by atoms with E-state index in [1.807, 2.05) is 7.11 Å². The van der Waals surface area contributed by atoms with Crippen molar-refractivity contribution >= 4 is 0 Å². The third-order valence-electron chi connectivity index (χ3n) is 4.99. The summed E-state index contributed by atoms with van der Waals surface area (Å²) in [4.78, 5) is 0. The van der Waals surface area contributed by atoms with Gasteiger partial charge in [0.1, 0.15) is 0 Å². The van der Waals surface area contributed by atoms with Crippen LogP contribution in [0.4, 0.5) is 0 Å². The molecule has 0 amide bonds. The summed E-state index contributed by atoms with van der Waals surface area (Å²) in [6.07, 6.45) is 13.8. The summed E-state index contributed by atoms with van der Waals surface area (Å²) in [5, 5.41) is 0. The molecule has 0 rings (SSSR count). The van der Waals surface area contributed by atoms with Crippen molar-refractivity contribution in [3.63, 3.8) is 0 Å². The van der Waals surface area contributed by atoms with Crippen LogP contribution in [0, 0.1) is 24.7 Å². The highest BCUT2D eigenvalue weighted by molar-refractivity contribution is 4.61. The van der Waals surface area contributed by atoms with E-state index in [1.54, 1.807) is 0 Å². The summed E-state index contributed by atoms with van der Waals surface area (Å²) in [5.74, 6) is 2.60. The van der Waals surface area contributed by atoms with Crippen LogP contribution in [0.25, 0.3) is 0 Å². The van der Waals surface area contributed by atoms with Gasteiger partial charge in [-0.1, -0.05) is 85.5 Å². The van der Waals surface area contributed by atoms with Crippen molar-refractivity contribution in [1.82, 2.24) is 0 Å². The fourth-order valence-corrected chi connectivity index (χ4v) is 2.93. The molecule has 1 nitrogen and oxygen atoms in total. The lowest BCUT2D eigenvalue weighted by molar-refractivity contribution is 0.107. The Hall–Kier alpha value is -0.0400. The standard InChI is InChI=1S/C20H41O/c1-7-17(2)11-8-12-18(3)13-9-14-19(4)15-10-16-20(5)21-6/h17-20H,1,7-16H2,2-6H3. The Bertz CT molecular complexity index is 192. The van der Waals surface area contributed by atoms with E-state index in [1.165, 1.54) is 57.8 Å². The molecule has 0 aliphatic rings. The first-order valence-electron chi connectivity index (χ1n) is 9.31. The van der Waals surface area contributed by atoms with Crippen LogP contribution in [0.2, 0.25) is 0 Å². The largest absolute Gasteiger partial charge is 0.382 e. The van der Waals surface area contributed by atoms with E-state index >= 15 is 0 Å². The lowest BCUT2D eigenvalue weighted by Crippen LogP contribution is -2.05. The number of hydrogen-bond acceptors (Lipinski definition) is 1. The van der Waals surface area contributed by atoms with Gasteiger partial charge in [0.15, 0.2) is 0 Å². The highest BCUT2D eigenvalue weighted by atomic mass is 16.5. The molecule has 4 unspecified atom stereocenters. The molecule has 1 heteroatoms. The average molecular weight is 298 g/mol. The first-order valence-corrected chi connectivity index (χ1v) is 9.31. The van der Waals surface area contributed by atoms with Gasteiger partial charge in [-0.15, -0.1) is 0 Å². The minimum atomic E-state index is 0.429. The van der Waals surface area contributed by atoms with Gasteiger partial charge in [-0.3, -0.25) is 0 Å². The number of rotatable bonds is 14. The van der Waals surface area contributed by atoms with Crippen LogP contribution >= 0.6 is 0 Å². The van der Waals surface area contributed by atoms with Crippen LogP contribution in [-0.4, -0.2) is 13.2 Å². The topological polar surface area (TPSA) is 9.23 Å². The van der Waals surface area contributed by atoms with Crippen molar-refractivity contribution in [2.45, 2.75) is 98.0 Å². The van der Waals surface area contributed by atoms with Gasteiger partial charge in [-0.2, -0.15) is 0 Å². The van der Waals surface area contributed by atoms with Crippen LogP contribution in [0.1, 0.15) is 91.9 Å². The third-order valence-corrected chi connectivity index (χ3v) is 4.99. The molecule has 0 heterocycles. The van der Waals surface area contributed by atoms with Crippen LogP contribution in [0.3, 0.4) is 0 Å². The lowest BCUT2D eigenvalue weighted by Gasteiger charge is -2.16. The van der Waals surface area contributed by atoms with Gasteiger partial charge in [0, 0.05) is 7.11 Å². The number of ether oxygens (including phenoxy) is 1. The van der Waals surface area contributed by atoms with E-state index in [2.05, 4.69) is 34.6 Å².